The Kier molecular flexibility index (Phi) is 9.75. The van der Waals surface area contributed by atoms with Crippen LogP contribution in [0.15, 0.2) is 42.0 Å². The Labute approximate surface area is 154 Å². The molecule has 0 bridgehead atoms. The van der Waals surface area contributed by atoms with Crippen LogP contribution in [-0.4, -0.2) is 27.8 Å². The molecule has 4 N–H and O–H groups in total. The molecule has 0 saturated heterocycles. The molecule has 0 fully saturated rings. The van der Waals surface area contributed by atoms with Crippen molar-refractivity contribution >= 4 is 21.3 Å². The molecule has 0 aliphatic rings. The summed E-state index contributed by atoms with van der Waals surface area (Å²) in [5.74, 6) is 0.494. The van der Waals surface area contributed by atoms with Crippen molar-refractivity contribution in [3.63, 3.8) is 0 Å². The summed E-state index contributed by atoms with van der Waals surface area (Å²) in [7, 11) is -9.84. The average molecular weight is 407 g/mol. The summed E-state index contributed by atoms with van der Waals surface area (Å²) in [4.78, 5) is 26.2. The molecule has 0 saturated carbocycles. The third-order valence-corrected chi connectivity index (χ3v) is 5.73. The van der Waals surface area contributed by atoms with Gasteiger partial charge in [0.2, 0.25) is 0 Å². The predicted molar refractivity (Wildman–Crippen MR) is 101 cm³/mol. The number of para-hydroxylation sites is 1. The van der Waals surface area contributed by atoms with Gasteiger partial charge in [-0.2, -0.15) is 4.31 Å². The lowest BCUT2D eigenvalue weighted by molar-refractivity contribution is 0.191. The predicted octanol–water partition coefficient (Wildman–Crippen LogP) is 4.08. The molecule has 0 radical (unpaired) electrons. The molecule has 0 aromatic heterocycles. The molecule has 8 nitrogen and oxygen atoms in total. The Morgan fingerprint density at radius 1 is 1.23 bits per heavy atom. The van der Waals surface area contributed by atoms with Gasteiger partial charge < -0.3 is 20.0 Å². The highest BCUT2D eigenvalue weighted by Gasteiger charge is 2.31. The lowest BCUT2D eigenvalue weighted by Crippen LogP contribution is -2.11. The summed E-state index contributed by atoms with van der Waals surface area (Å²) in [6.07, 6.45) is 4.37. The molecule has 26 heavy (non-hydrogen) atoms. The Morgan fingerprint density at radius 2 is 1.88 bits per heavy atom. The van der Waals surface area contributed by atoms with E-state index < -0.39 is 15.6 Å². The third-order valence-electron chi connectivity index (χ3n) is 3.58. The minimum absolute atomic E-state index is 0.259. The van der Waals surface area contributed by atoms with Crippen LogP contribution in [0.1, 0.15) is 33.1 Å². The third kappa shape index (κ3) is 11.6. The Balaban J connectivity index is 2.22. The number of allylic oxidation sites excluding steroid dienone is 1. The fourth-order valence-corrected chi connectivity index (χ4v) is 3.74. The monoisotopic (exact) mass is 407 g/mol. The van der Waals surface area contributed by atoms with Gasteiger partial charge in [-0.25, -0.2) is 9.13 Å². The number of rotatable bonds is 12. The van der Waals surface area contributed by atoms with Crippen molar-refractivity contribution in [3.05, 3.63) is 42.0 Å². The van der Waals surface area contributed by atoms with E-state index in [1.54, 1.807) is 6.08 Å². The molecule has 2 atom stereocenters. The van der Waals surface area contributed by atoms with Crippen LogP contribution in [0.3, 0.4) is 0 Å². The van der Waals surface area contributed by atoms with Gasteiger partial charge in [-0.3, -0.25) is 4.52 Å². The number of hydrogen-bond donors (Lipinski definition) is 4. The maximum Gasteiger partial charge on any atom is 0.481 e. The molecule has 2 unspecified atom stereocenters. The first-order valence-electron chi connectivity index (χ1n) is 8.26. The molecule has 0 aliphatic carbocycles. The minimum Gasteiger partial charge on any atom is -0.385 e. The second-order valence-electron chi connectivity index (χ2n) is 6.13. The van der Waals surface area contributed by atoms with Crippen LogP contribution in [-0.2, 0) is 18.0 Å². The second kappa shape index (κ2) is 11.0. The van der Waals surface area contributed by atoms with Crippen molar-refractivity contribution < 1.29 is 32.6 Å². The number of benzene rings is 1. The van der Waals surface area contributed by atoms with Gasteiger partial charge in [0.05, 0.1) is 6.61 Å². The van der Waals surface area contributed by atoms with Gasteiger partial charge in [0.15, 0.2) is 0 Å². The summed E-state index contributed by atoms with van der Waals surface area (Å²) >= 11 is 0. The first-order valence-corrected chi connectivity index (χ1v) is 11.3. The van der Waals surface area contributed by atoms with Crippen molar-refractivity contribution in [3.8, 4) is 0 Å². The highest BCUT2D eigenvalue weighted by molar-refractivity contribution is 7.60. The van der Waals surface area contributed by atoms with Crippen LogP contribution >= 0.6 is 15.6 Å². The fourth-order valence-electron chi connectivity index (χ4n) is 2.21. The number of phosphoric acid groups is 2. The zero-order chi connectivity index (χ0) is 19.6. The van der Waals surface area contributed by atoms with Crippen LogP contribution in [0.4, 0.5) is 5.69 Å². The molecule has 1 rings (SSSR count). The number of phosphoric ester groups is 1. The summed E-state index contributed by atoms with van der Waals surface area (Å²) in [6.45, 7) is 4.65. The standard InChI is InChI=1S/C16H27NO7P2/c1-14(11-12-23-26(21,22)24-25(18,19)20)7-6-8-15(2)13-17-16-9-4-3-5-10-16/h3-5,9-11,15,17H,6-8,12-13H2,1-2H3,(H,21,22)(H2,18,19,20)/b14-11+. The van der Waals surface area contributed by atoms with Gasteiger partial charge in [-0.15, -0.1) is 0 Å². The van der Waals surface area contributed by atoms with Gasteiger partial charge >= 0.3 is 15.6 Å². The number of anilines is 1. The normalized spacial score (nSPS) is 16.1. The zero-order valence-electron chi connectivity index (χ0n) is 14.9. The van der Waals surface area contributed by atoms with E-state index in [1.165, 1.54) is 0 Å². The van der Waals surface area contributed by atoms with Crippen molar-refractivity contribution in [1.29, 1.82) is 0 Å². The molecule has 0 heterocycles. The van der Waals surface area contributed by atoms with Crippen molar-refractivity contribution in [2.75, 3.05) is 18.5 Å². The molecular formula is C16H27NO7P2. The second-order valence-corrected chi connectivity index (χ2v) is 8.96. The summed E-state index contributed by atoms with van der Waals surface area (Å²) < 4.78 is 30.0. The van der Waals surface area contributed by atoms with Crippen LogP contribution in [0.2, 0.25) is 0 Å². The maximum atomic E-state index is 11.3. The van der Waals surface area contributed by atoms with Crippen LogP contribution < -0.4 is 5.32 Å². The van der Waals surface area contributed by atoms with E-state index in [2.05, 4.69) is 21.1 Å². The molecule has 1 aromatic carbocycles. The largest absolute Gasteiger partial charge is 0.481 e. The summed E-state index contributed by atoms with van der Waals surface area (Å²) in [6, 6.07) is 9.99. The number of nitrogens with one attached hydrogen (secondary N) is 1. The maximum absolute atomic E-state index is 11.3. The van der Waals surface area contributed by atoms with Crippen molar-refractivity contribution in [1.82, 2.24) is 0 Å². The Bertz CT molecular complexity index is 660. The molecule has 0 amide bonds. The first-order chi connectivity index (χ1) is 12.1. The van der Waals surface area contributed by atoms with E-state index in [0.717, 1.165) is 37.1 Å². The number of hydrogen-bond acceptors (Lipinski definition) is 5. The SMILES string of the molecule is C/C(=C\COP(=O)(O)OP(=O)(O)O)CCCC(C)CNc1ccccc1. The lowest BCUT2D eigenvalue weighted by Gasteiger charge is -2.14. The molecule has 0 aliphatic heterocycles. The van der Waals surface area contributed by atoms with E-state index in [-0.39, 0.29) is 6.61 Å². The summed E-state index contributed by atoms with van der Waals surface area (Å²) in [5, 5.41) is 3.38. The quantitative estimate of drug-likeness (QED) is 0.302. The molecule has 0 spiro atoms. The first kappa shape index (κ1) is 23.1. The minimum atomic E-state index is -5.07. The molecule has 1 aromatic rings. The van der Waals surface area contributed by atoms with Crippen LogP contribution in [0, 0.1) is 5.92 Å². The topological polar surface area (TPSA) is 125 Å². The van der Waals surface area contributed by atoms with Gasteiger partial charge in [-0.1, -0.05) is 36.8 Å². The van der Waals surface area contributed by atoms with Crippen molar-refractivity contribution in [2.24, 2.45) is 5.92 Å². The van der Waals surface area contributed by atoms with Crippen LogP contribution in [0.25, 0.3) is 0 Å². The van der Waals surface area contributed by atoms with E-state index >= 15 is 0 Å². The smallest absolute Gasteiger partial charge is 0.385 e. The molecule has 10 heteroatoms. The lowest BCUT2D eigenvalue weighted by atomic mass is 10.0. The Morgan fingerprint density at radius 3 is 2.50 bits per heavy atom. The van der Waals surface area contributed by atoms with Crippen LogP contribution in [0.5, 0.6) is 0 Å². The summed E-state index contributed by atoms with van der Waals surface area (Å²) in [5.41, 5.74) is 2.06. The highest BCUT2D eigenvalue weighted by Crippen LogP contribution is 2.57. The van der Waals surface area contributed by atoms with E-state index in [9.17, 15) is 9.13 Å². The van der Waals surface area contributed by atoms with E-state index in [0.29, 0.717) is 5.92 Å². The van der Waals surface area contributed by atoms with E-state index in [1.807, 2.05) is 37.3 Å². The van der Waals surface area contributed by atoms with E-state index in [4.69, 9.17) is 14.7 Å². The average Bonchev–Trinajstić information content (AvgIpc) is 2.51. The van der Waals surface area contributed by atoms with Gasteiger partial charge in [-0.05, 0) is 44.2 Å². The van der Waals surface area contributed by atoms with Crippen molar-refractivity contribution in [2.45, 2.75) is 33.1 Å². The fraction of sp³-hybridized carbons (Fsp3) is 0.500. The van der Waals surface area contributed by atoms with Gasteiger partial charge in [0.1, 0.15) is 0 Å². The molecule has 148 valence electrons. The van der Waals surface area contributed by atoms with Gasteiger partial charge in [0, 0.05) is 12.2 Å². The Hall–Kier alpha value is -0.980. The van der Waals surface area contributed by atoms with Gasteiger partial charge in [0.25, 0.3) is 0 Å². The highest BCUT2D eigenvalue weighted by atomic mass is 31.3. The molecular weight excluding hydrogens is 380 g/mol. The zero-order valence-corrected chi connectivity index (χ0v) is 16.7.